The van der Waals surface area contributed by atoms with Crippen LogP contribution in [0.15, 0.2) is 0 Å². The highest BCUT2D eigenvalue weighted by Gasteiger charge is 2.48. The lowest BCUT2D eigenvalue weighted by atomic mass is 9.54. The van der Waals surface area contributed by atoms with Crippen LogP contribution in [0.3, 0.4) is 0 Å². The normalized spacial score (nSPS) is 43.9. The minimum atomic E-state index is 0.0520. The van der Waals surface area contributed by atoms with E-state index in [0.717, 1.165) is 18.3 Å². The average molecular weight is 361 g/mol. The van der Waals surface area contributed by atoms with Crippen LogP contribution in [0.2, 0.25) is 0 Å². The molecular formula is C22H36N2O2. The van der Waals surface area contributed by atoms with Crippen LogP contribution in [-0.2, 0) is 9.59 Å². The SMILES string of the molecule is C[C@@H]1[C@H](C)CCC[C@H]1NC(=O)CCC(=O)NC1C2CC3CC(C2)CC1C3. The largest absolute Gasteiger partial charge is 0.353 e. The summed E-state index contributed by atoms with van der Waals surface area (Å²) in [5.41, 5.74) is 0. The van der Waals surface area contributed by atoms with Crippen LogP contribution in [-0.4, -0.2) is 23.9 Å². The van der Waals surface area contributed by atoms with Crippen molar-refractivity contribution >= 4 is 11.8 Å². The second kappa shape index (κ2) is 7.52. The van der Waals surface area contributed by atoms with Crippen molar-refractivity contribution in [3.8, 4) is 0 Å². The summed E-state index contributed by atoms with van der Waals surface area (Å²) in [6.07, 6.45) is 10.9. The molecule has 0 aromatic carbocycles. The number of carbonyl (C=O) groups excluding carboxylic acids is 2. The summed E-state index contributed by atoms with van der Waals surface area (Å²) in [4.78, 5) is 24.8. The number of hydrogen-bond donors (Lipinski definition) is 2. The number of carbonyl (C=O) groups is 2. The minimum Gasteiger partial charge on any atom is -0.353 e. The molecule has 4 bridgehead atoms. The van der Waals surface area contributed by atoms with E-state index in [9.17, 15) is 9.59 Å². The topological polar surface area (TPSA) is 58.2 Å². The van der Waals surface area contributed by atoms with Gasteiger partial charge in [0.05, 0.1) is 0 Å². The smallest absolute Gasteiger partial charge is 0.220 e. The molecule has 0 spiro atoms. The van der Waals surface area contributed by atoms with Crippen molar-refractivity contribution in [3.05, 3.63) is 0 Å². The van der Waals surface area contributed by atoms with Gasteiger partial charge >= 0.3 is 0 Å². The second-order valence-corrected chi connectivity index (χ2v) is 9.97. The summed E-state index contributed by atoms with van der Waals surface area (Å²) in [5.74, 6) is 4.61. The van der Waals surface area contributed by atoms with Crippen LogP contribution >= 0.6 is 0 Å². The van der Waals surface area contributed by atoms with Crippen molar-refractivity contribution in [2.24, 2.45) is 35.5 Å². The fourth-order valence-corrected chi connectivity index (χ4v) is 6.71. The summed E-state index contributed by atoms with van der Waals surface area (Å²) in [7, 11) is 0. The molecule has 2 N–H and O–H groups in total. The first-order valence-electron chi connectivity index (χ1n) is 11.1. The molecule has 4 nitrogen and oxygen atoms in total. The molecule has 0 aliphatic heterocycles. The molecule has 5 rings (SSSR count). The van der Waals surface area contributed by atoms with Gasteiger partial charge in [0.15, 0.2) is 0 Å². The molecular weight excluding hydrogens is 324 g/mol. The maximum Gasteiger partial charge on any atom is 0.220 e. The van der Waals surface area contributed by atoms with Gasteiger partial charge in [-0.1, -0.05) is 26.7 Å². The predicted molar refractivity (Wildman–Crippen MR) is 102 cm³/mol. The van der Waals surface area contributed by atoms with E-state index in [0.29, 0.717) is 48.6 Å². The van der Waals surface area contributed by atoms with Gasteiger partial charge in [0.25, 0.3) is 0 Å². The molecule has 26 heavy (non-hydrogen) atoms. The summed E-state index contributed by atoms with van der Waals surface area (Å²) in [6.45, 7) is 4.52. The lowest BCUT2D eigenvalue weighted by Crippen LogP contribution is -2.55. The molecule has 0 saturated heterocycles. The zero-order valence-electron chi connectivity index (χ0n) is 16.5. The van der Waals surface area contributed by atoms with Gasteiger partial charge in [0.2, 0.25) is 11.8 Å². The van der Waals surface area contributed by atoms with Gasteiger partial charge in [-0.15, -0.1) is 0 Å². The Kier molecular flexibility index (Phi) is 5.29. The van der Waals surface area contributed by atoms with Crippen molar-refractivity contribution < 1.29 is 9.59 Å². The first-order valence-corrected chi connectivity index (χ1v) is 11.1. The fourth-order valence-electron chi connectivity index (χ4n) is 6.71. The van der Waals surface area contributed by atoms with E-state index in [1.54, 1.807) is 0 Å². The van der Waals surface area contributed by atoms with Crippen molar-refractivity contribution in [2.75, 3.05) is 0 Å². The molecule has 0 radical (unpaired) electrons. The Morgan fingerprint density at radius 2 is 1.38 bits per heavy atom. The molecule has 5 fully saturated rings. The number of rotatable bonds is 5. The van der Waals surface area contributed by atoms with Gasteiger partial charge in [-0.05, 0) is 74.0 Å². The summed E-state index contributed by atoms with van der Waals surface area (Å²) in [6, 6.07) is 0.677. The Balaban J connectivity index is 1.21. The number of amides is 2. The average Bonchev–Trinajstić information content (AvgIpc) is 2.60. The number of hydrogen-bond acceptors (Lipinski definition) is 2. The molecule has 0 aromatic heterocycles. The molecule has 5 saturated carbocycles. The zero-order valence-corrected chi connectivity index (χ0v) is 16.5. The van der Waals surface area contributed by atoms with Crippen molar-refractivity contribution in [1.29, 1.82) is 0 Å². The molecule has 2 amide bonds. The van der Waals surface area contributed by atoms with Gasteiger partial charge in [0, 0.05) is 24.9 Å². The van der Waals surface area contributed by atoms with E-state index in [1.807, 2.05) is 0 Å². The molecule has 0 heterocycles. The standard InChI is InChI=1S/C22H36N2O2/c1-13-4-3-5-19(14(13)2)23-20(25)6-7-21(26)24-22-17-9-15-8-16(11-17)12-18(22)10-15/h13-19,22H,3-12H2,1-2H3,(H,23,25)(H,24,26)/t13-,14-,15?,16?,17?,18?,19-,22?/m1/s1. The summed E-state index contributed by atoms with van der Waals surface area (Å²) in [5, 5.41) is 6.51. The molecule has 0 unspecified atom stereocenters. The Hall–Kier alpha value is -1.06. The van der Waals surface area contributed by atoms with E-state index in [4.69, 9.17) is 0 Å². The lowest BCUT2D eigenvalue weighted by Gasteiger charge is -2.54. The van der Waals surface area contributed by atoms with Crippen LogP contribution in [0.1, 0.15) is 78.1 Å². The third-order valence-electron chi connectivity index (χ3n) is 8.19. The highest BCUT2D eigenvalue weighted by Crippen LogP contribution is 2.53. The first kappa shape index (κ1) is 18.3. The maximum absolute atomic E-state index is 12.5. The van der Waals surface area contributed by atoms with Gasteiger partial charge in [-0.3, -0.25) is 9.59 Å². The zero-order chi connectivity index (χ0) is 18.3. The van der Waals surface area contributed by atoms with Crippen LogP contribution < -0.4 is 10.6 Å². The fraction of sp³-hybridized carbons (Fsp3) is 0.909. The van der Waals surface area contributed by atoms with E-state index < -0.39 is 0 Å². The maximum atomic E-state index is 12.5. The van der Waals surface area contributed by atoms with Crippen LogP contribution in [0.25, 0.3) is 0 Å². The van der Waals surface area contributed by atoms with Gasteiger partial charge in [-0.25, -0.2) is 0 Å². The molecule has 5 aliphatic rings. The van der Waals surface area contributed by atoms with Crippen molar-refractivity contribution in [3.63, 3.8) is 0 Å². The summed E-state index contributed by atoms with van der Waals surface area (Å²) < 4.78 is 0. The predicted octanol–water partition coefficient (Wildman–Crippen LogP) is 3.65. The van der Waals surface area contributed by atoms with Crippen LogP contribution in [0.5, 0.6) is 0 Å². The third kappa shape index (κ3) is 3.80. The van der Waals surface area contributed by atoms with Crippen LogP contribution in [0.4, 0.5) is 0 Å². The van der Waals surface area contributed by atoms with Crippen LogP contribution in [0, 0.1) is 35.5 Å². The quantitative estimate of drug-likeness (QED) is 0.786. The van der Waals surface area contributed by atoms with Gasteiger partial charge in [-0.2, -0.15) is 0 Å². The Labute approximate surface area is 158 Å². The Morgan fingerprint density at radius 3 is 2.00 bits per heavy atom. The van der Waals surface area contributed by atoms with Gasteiger partial charge < -0.3 is 10.6 Å². The third-order valence-corrected chi connectivity index (χ3v) is 8.19. The monoisotopic (exact) mass is 360 g/mol. The van der Waals surface area contributed by atoms with Crippen molar-refractivity contribution in [1.82, 2.24) is 10.6 Å². The molecule has 0 aromatic rings. The highest BCUT2D eigenvalue weighted by atomic mass is 16.2. The van der Waals surface area contributed by atoms with Crippen molar-refractivity contribution in [2.45, 2.75) is 90.1 Å². The van der Waals surface area contributed by atoms with Gasteiger partial charge in [0.1, 0.15) is 0 Å². The summed E-state index contributed by atoms with van der Waals surface area (Å²) >= 11 is 0. The van der Waals surface area contributed by atoms with E-state index in [1.165, 1.54) is 44.9 Å². The minimum absolute atomic E-state index is 0.0520. The second-order valence-electron chi connectivity index (χ2n) is 9.97. The number of nitrogens with one attached hydrogen (secondary N) is 2. The molecule has 146 valence electrons. The molecule has 5 aliphatic carbocycles. The molecule has 3 atom stereocenters. The lowest BCUT2D eigenvalue weighted by molar-refractivity contribution is -0.129. The first-order chi connectivity index (χ1) is 12.5. The highest BCUT2D eigenvalue weighted by molar-refractivity contribution is 5.84. The molecule has 4 heteroatoms. The Bertz CT molecular complexity index is 518. The van der Waals surface area contributed by atoms with E-state index in [2.05, 4.69) is 24.5 Å². The van der Waals surface area contributed by atoms with E-state index >= 15 is 0 Å². The van der Waals surface area contributed by atoms with E-state index in [-0.39, 0.29) is 11.8 Å². The Morgan fingerprint density at radius 1 is 0.808 bits per heavy atom.